The highest BCUT2D eigenvalue weighted by Crippen LogP contribution is 2.30. The number of hydrogen-bond donors (Lipinski definition) is 1. The topological polar surface area (TPSA) is 126 Å². The van der Waals surface area contributed by atoms with Gasteiger partial charge in [0.1, 0.15) is 48.1 Å². The standard InChI is InChI=1S/C17H20BrFN2O4.C12H12BrFN2O2/c1-5-13-20-14-11(8-10(18)9-12(14)19)15(21-13)23-6-7-24-16(22)25-17(2,3)4;1-2-10-15-11-8(5-7(13)6-9(11)14)12(16-10)18-4-3-17/h8-9H,5-7H2,1-4H3;5-6,17H,2-4H2,1H3. The predicted octanol–water partition coefficient (Wildman–Crippen LogP) is 6.89. The van der Waals surface area contributed by atoms with Crippen molar-refractivity contribution in [3.05, 3.63) is 56.5 Å². The molecular weight excluding hydrogens is 698 g/mol. The zero-order chi connectivity index (χ0) is 31.7. The third-order valence-corrected chi connectivity index (χ3v) is 6.27. The van der Waals surface area contributed by atoms with E-state index in [4.69, 9.17) is 24.1 Å². The molecule has 0 aliphatic carbocycles. The molecular formula is C29H32Br2F2N4O6. The van der Waals surface area contributed by atoms with Crippen LogP contribution >= 0.6 is 31.9 Å². The van der Waals surface area contributed by atoms with E-state index in [9.17, 15) is 13.6 Å². The van der Waals surface area contributed by atoms with Gasteiger partial charge < -0.3 is 24.1 Å². The minimum Gasteiger partial charge on any atom is -0.475 e. The molecule has 0 atom stereocenters. The fourth-order valence-electron chi connectivity index (χ4n) is 3.57. The van der Waals surface area contributed by atoms with Crippen LogP contribution in [0.15, 0.2) is 33.2 Å². The van der Waals surface area contributed by atoms with Crippen molar-refractivity contribution in [3.63, 3.8) is 0 Å². The summed E-state index contributed by atoms with van der Waals surface area (Å²) in [6.07, 6.45) is 0.351. The Bertz CT molecular complexity index is 1590. The van der Waals surface area contributed by atoms with E-state index in [0.29, 0.717) is 50.1 Å². The molecule has 14 heteroatoms. The number of aliphatic hydroxyl groups is 1. The normalized spacial score (nSPS) is 11.2. The highest BCUT2D eigenvalue weighted by molar-refractivity contribution is 9.10. The number of nitrogens with zero attached hydrogens (tertiary/aromatic N) is 4. The zero-order valence-electron chi connectivity index (χ0n) is 24.3. The minimum absolute atomic E-state index is 0.0155. The number of fused-ring (bicyclic) bond motifs is 2. The lowest BCUT2D eigenvalue weighted by Crippen LogP contribution is -2.25. The summed E-state index contributed by atoms with van der Waals surface area (Å²) < 4.78 is 50.0. The maximum atomic E-state index is 14.1. The van der Waals surface area contributed by atoms with Crippen molar-refractivity contribution in [1.29, 1.82) is 0 Å². The molecule has 0 aliphatic heterocycles. The summed E-state index contributed by atoms with van der Waals surface area (Å²) in [5.74, 6) is 0.635. The van der Waals surface area contributed by atoms with Crippen molar-refractivity contribution in [3.8, 4) is 11.8 Å². The fraction of sp³-hybridized carbons (Fsp3) is 0.414. The van der Waals surface area contributed by atoms with Crippen LogP contribution in [-0.4, -0.2) is 63.2 Å². The van der Waals surface area contributed by atoms with Crippen LogP contribution < -0.4 is 9.47 Å². The predicted molar refractivity (Wildman–Crippen MR) is 163 cm³/mol. The number of carbonyl (C=O) groups is 1. The number of halogens is 4. The van der Waals surface area contributed by atoms with E-state index in [1.807, 2.05) is 13.8 Å². The van der Waals surface area contributed by atoms with E-state index in [2.05, 4.69) is 51.8 Å². The van der Waals surface area contributed by atoms with E-state index in [-0.39, 0.29) is 43.3 Å². The van der Waals surface area contributed by atoms with Crippen LogP contribution in [0, 0.1) is 11.6 Å². The Kier molecular flexibility index (Phi) is 12.3. The fourth-order valence-corrected chi connectivity index (χ4v) is 4.43. The molecule has 0 bridgehead atoms. The number of aryl methyl sites for hydroxylation is 2. The van der Waals surface area contributed by atoms with Gasteiger partial charge in [-0.25, -0.2) is 23.5 Å². The van der Waals surface area contributed by atoms with Gasteiger partial charge in [0, 0.05) is 21.8 Å². The Labute approximate surface area is 264 Å². The summed E-state index contributed by atoms with van der Waals surface area (Å²) in [5.41, 5.74) is -0.197. The Morgan fingerprint density at radius 3 is 1.67 bits per heavy atom. The first-order chi connectivity index (χ1) is 20.3. The molecule has 2 heterocycles. The number of rotatable bonds is 9. The summed E-state index contributed by atoms with van der Waals surface area (Å²) in [4.78, 5) is 28.3. The first kappa shape index (κ1) is 34.3. The van der Waals surface area contributed by atoms with Crippen molar-refractivity contribution in [1.82, 2.24) is 19.9 Å². The molecule has 0 amide bonds. The van der Waals surface area contributed by atoms with Crippen molar-refractivity contribution in [2.75, 3.05) is 26.4 Å². The zero-order valence-corrected chi connectivity index (χ0v) is 27.5. The van der Waals surface area contributed by atoms with Gasteiger partial charge in [-0.1, -0.05) is 45.7 Å². The molecule has 2 aromatic heterocycles. The van der Waals surface area contributed by atoms with Gasteiger partial charge in [0.25, 0.3) is 0 Å². The number of aliphatic hydroxyl groups excluding tert-OH is 1. The van der Waals surface area contributed by atoms with E-state index in [1.54, 1.807) is 32.9 Å². The molecule has 0 radical (unpaired) electrons. The van der Waals surface area contributed by atoms with Crippen molar-refractivity contribution in [2.45, 2.75) is 53.1 Å². The average Bonchev–Trinajstić information content (AvgIpc) is 2.93. The molecule has 0 unspecified atom stereocenters. The Hall–Kier alpha value is -3.23. The number of aromatic nitrogens is 4. The quantitative estimate of drug-likeness (QED) is 0.144. The molecule has 0 saturated carbocycles. The Morgan fingerprint density at radius 1 is 0.791 bits per heavy atom. The molecule has 4 aromatic rings. The van der Waals surface area contributed by atoms with E-state index >= 15 is 0 Å². The lowest BCUT2D eigenvalue weighted by atomic mass is 10.2. The van der Waals surface area contributed by atoms with Gasteiger partial charge in [-0.3, -0.25) is 0 Å². The van der Waals surface area contributed by atoms with Gasteiger partial charge in [-0.15, -0.1) is 0 Å². The third-order valence-electron chi connectivity index (χ3n) is 5.35. The number of hydrogen-bond acceptors (Lipinski definition) is 10. The average molecular weight is 730 g/mol. The molecule has 0 aliphatic rings. The van der Waals surface area contributed by atoms with E-state index in [0.717, 1.165) is 0 Å². The molecule has 1 N–H and O–H groups in total. The highest BCUT2D eigenvalue weighted by Gasteiger charge is 2.18. The first-order valence-electron chi connectivity index (χ1n) is 13.4. The third kappa shape index (κ3) is 9.90. The van der Waals surface area contributed by atoms with Crippen molar-refractivity contribution < 1.29 is 37.6 Å². The van der Waals surface area contributed by atoms with Gasteiger partial charge in [0.2, 0.25) is 11.8 Å². The first-order valence-corrected chi connectivity index (χ1v) is 15.0. The molecule has 43 heavy (non-hydrogen) atoms. The van der Waals surface area contributed by atoms with Gasteiger partial charge in [-0.05, 0) is 45.0 Å². The number of benzene rings is 2. The van der Waals surface area contributed by atoms with Crippen molar-refractivity contribution >= 4 is 59.8 Å². The summed E-state index contributed by atoms with van der Waals surface area (Å²) in [5, 5.41) is 9.72. The van der Waals surface area contributed by atoms with E-state index in [1.165, 1.54) is 12.1 Å². The molecule has 4 rings (SSSR count). The molecule has 0 fully saturated rings. The second-order valence-corrected chi connectivity index (χ2v) is 11.7. The van der Waals surface area contributed by atoms with E-state index < -0.39 is 23.4 Å². The molecule has 0 spiro atoms. The van der Waals surface area contributed by atoms with Crippen LogP contribution in [-0.2, 0) is 22.3 Å². The van der Waals surface area contributed by atoms with Crippen LogP contribution in [0.1, 0.15) is 46.3 Å². The van der Waals surface area contributed by atoms with Crippen LogP contribution in [0.5, 0.6) is 11.8 Å². The monoisotopic (exact) mass is 728 g/mol. The Balaban J connectivity index is 0.000000248. The number of carbonyl (C=O) groups excluding carboxylic acids is 1. The van der Waals surface area contributed by atoms with Gasteiger partial charge >= 0.3 is 6.16 Å². The largest absolute Gasteiger partial charge is 0.508 e. The molecule has 10 nitrogen and oxygen atoms in total. The molecule has 2 aromatic carbocycles. The molecule has 0 saturated heterocycles. The van der Waals surface area contributed by atoms with Gasteiger partial charge in [0.05, 0.1) is 17.4 Å². The van der Waals surface area contributed by atoms with Crippen molar-refractivity contribution in [2.24, 2.45) is 0 Å². The summed E-state index contributed by atoms with van der Waals surface area (Å²) in [6, 6.07) is 6.07. The van der Waals surface area contributed by atoms with Gasteiger partial charge in [-0.2, -0.15) is 9.97 Å². The Morgan fingerprint density at radius 2 is 1.26 bits per heavy atom. The van der Waals surface area contributed by atoms with Crippen LogP contribution in [0.25, 0.3) is 21.8 Å². The van der Waals surface area contributed by atoms with Crippen LogP contribution in [0.2, 0.25) is 0 Å². The SMILES string of the molecule is CCc1nc(OCCO)c2cc(Br)cc(F)c2n1.CCc1nc(OCCOC(=O)OC(C)(C)C)c2cc(Br)cc(F)c2n1. The second-order valence-electron chi connectivity index (χ2n) is 9.90. The van der Waals surface area contributed by atoms with Gasteiger partial charge in [0.15, 0.2) is 11.6 Å². The highest BCUT2D eigenvalue weighted by atomic mass is 79.9. The smallest absolute Gasteiger partial charge is 0.475 e. The lowest BCUT2D eigenvalue weighted by molar-refractivity contribution is -0.0115. The summed E-state index contributed by atoms with van der Waals surface area (Å²) in [6.45, 7) is 9.03. The second kappa shape index (κ2) is 15.5. The van der Waals surface area contributed by atoms with Crippen LogP contribution in [0.3, 0.4) is 0 Å². The number of ether oxygens (including phenoxy) is 4. The lowest BCUT2D eigenvalue weighted by Gasteiger charge is -2.18. The maximum Gasteiger partial charge on any atom is 0.508 e. The summed E-state index contributed by atoms with van der Waals surface area (Å²) in [7, 11) is 0. The summed E-state index contributed by atoms with van der Waals surface area (Å²) >= 11 is 6.47. The van der Waals surface area contributed by atoms with Crippen LogP contribution in [0.4, 0.5) is 13.6 Å². The molecule has 232 valence electrons. The minimum atomic E-state index is -0.772. The maximum absolute atomic E-state index is 14.1.